The molecule has 1 heterocycles. The van der Waals surface area contributed by atoms with Gasteiger partial charge in [-0.05, 0) is 78.6 Å². The number of halogens is 1. The van der Waals surface area contributed by atoms with Crippen LogP contribution in [0.2, 0.25) is 0 Å². The second-order valence-corrected chi connectivity index (χ2v) is 11.8. The Morgan fingerprint density at radius 2 is 1.49 bits per heavy atom. The Hall–Kier alpha value is -5.33. The predicted molar refractivity (Wildman–Crippen MR) is 196 cm³/mol. The molecule has 3 aromatic rings. The van der Waals surface area contributed by atoms with Gasteiger partial charge in [0.1, 0.15) is 11.5 Å². The van der Waals surface area contributed by atoms with Crippen molar-refractivity contribution in [3.05, 3.63) is 125 Å². The van der Waals surface area contributed by atoms with Gasteiger partial charge >= 0.3 is 0 Å². The summed E-state index contributed by atoms with van der Waals surface area (Å²) >= 11 is 6.36. The molecule has 3 amide bonds. The van der Waals surface area contributed by atoms with E-state index in [9.17, 15) is 24.9 Å². The molecule has 252 valence electrons. The van der Waals surface area contributed by atoms with Gasteiger partial charge in [-0.3, -0.25) is 14.4 Å². The highest BCUT2D eigenvalue weighted by Crippen LogP contribution is 2.47. The second kappa shape index (κ2) is 18.9. The maximum Gasteiger partial charge on any atom is 0.261 e. The average Bonchev–Trinajstić information content (AvgIpc) is 3.31. The molecule has 0 bridgehead atoms. The maximum atomic E-state index is 13.4. The van der Waals surface area contributed by atoms with E-state index in [1.165, 1.54) is 18.2 Å². The van der Waals surface area contributed by atoms with Gasteiger partial charge in [-0.1, -0.05) is 56.3 Å². The average molecular weight is 697 g/mol. The normalized spacial score (nSPS) is 13.3. The number of alkyl halides is 1. The largest absolute Gasteiger partial charge is 0.355 e. The minimum Gasteiger partial charge on any atom is -0.355 e. The number of para-hydroxylation sites is 1. The van der Waals surface area contributed by atoms with Crippen molar-refractivity contribution in [3.63, 3.8) is 0 Å². The van der Waals surface area contributed by atoms with Crippen LogP contribution in [0.5, 0.6) is 0 Å². The van der Waals surface area contributed by atoms with Gasteiger partial charge in [-0.15, -0.1) is 11.6 Å². The summed E-state index contributed by atoms with van der Waals surface area (Å²) in [5.74, 6) is -1.64. The topological polar surface area (TPSA) is 158 Å². The van der Waals surface area contributed by atoms with Crippen molar-refractivity contribution < 1.29 is 18.9 Å². The SMILES string of the molecule is CC1(C)/C(=C\C=C\C=C(C(=O)Nc2cccc(C#N)c2)C(=O)Nc2cccc(C#N)c2)N(CCCNC(=O)CCl)c2ccccc21.CSO. The number of allylic oxidation sites excluding steroid dienone is 5. The van der Waals surface area contributed by atoms with E-state index in [-0.39, 0.29) is 22.8 Å². The Labute approximate surface area is 296 Å². The number of amides is 3. The van der Waals surface area contributed by atoms with E-state index in [0.29, 0.717) is 42.0 Å². The number of carbonyl (C=O) groups is 3. The molecule has 4 rings (SSSR count). The number of nitriles is 2. The molecule has 49 heavy (non-hydrogen) atoms. The molecule has 1 aliphatic rings. The van der Waals surface area contributed by atoms with Crippen LogP contribution >= 0.6 is 23.6 Å². The summed E-state index contributed by atoms with van der Waals surface area (Å²) in [5.41, 5.74) is 4.18. The van der Waals surface area contributed by atoms with E-state index in [1.807, 2.05) is 30.3 Å². The van der Waals surface area contributed by atoms with Crippen LogP contribution in [0.15, 0.2) is 108 Å². The van der Waals surface area contributed by atoms with Crippen LogP contribution in [0.3, 0.4) is 0 Å². The van der Waals surface area contributed by atoms with Gasteiger partial charge in [0.2, 0.25) is 5.91 Å². The van der Waals surface area contributed by atoms with Gasteiger partial charge < -0.3 is 25.4 Å². The van der Waals surface area contributed by atoms with Crippen molar-refractivity contribution in [2.45, 2.75) is 25.7 Å². The molecule has 0 atom stereocenters. The fourth-order valence-electron chi connectivity index (χ4n) is 5.18. The van der Waals surface area contributed by atoms with Gasteiger partial charge in [0.15, 0.2) is 0 Å². The molecule has 0 fully saturated rings. The van der Waals surface area contributed by atoms with Crippen LogP contribution in [0, 0.1) is 22.7 Å². The molecule has 0 radical (unpaired) electrons. The van der Waals surface area contributed by atoms with E-state index < -0.39 is 11.8 Å². The first kappa shape index (κ1) is 38.1. The lowest BCUT2D eigenvalue weighted by atomic mass is 9.84. The number of fused-ring (bicyclic) bond motifs is 1. The van der Waals surface area contributed by atoms with E-state index in [4.69, 9.17) is 16.2 Å². The lowest BCUT2D eigenvalue weighted by molar-refractivity contribution is -0.119. The van der Waals surface area contributed by atoms with Gasteiger partial charge in [0.25, 0.3) is 11.8 Å². The van der Waals surface area contributed by atoms with Crippen molar-refractivity contribution in [2.75, 3.05) is 40.8 Å². The van der Waals surface area contributed by atoms with Crippen LogP contribution in [-0.4, -0.2) is 47.5 Å². The number of hydrogen-bond donors (Lipinski definition) is 4. The maximum absolute atomic E-state index is 13.4. The number of nitrogens with one attached hydrogen (secondary N) is 3. The molecule has 12 heteroatoms. The third kappa shape index (κ3) is 10.6. The molecule has 0 saturated heterocycles. The number of hydrogen-bond acceptors (Lipinski definition) is 8. The van der Waals surface area contributed by atoms with Gasteiger partial charge in [0.05, 0.1) is 23.3 Å². The van der Waals surface area contributed by atoms with Crippen molar-refractivity contribution in [1.82, 2.24) is 5.32 Å². The van der Waals surface area contributed by atoms with Crippen molar-refractivity contribution in [3.8, 4) is 12.1 Å². The molecular weight excluding hydrogens is 660 g/mol. The Bertz CT molecular complexity index is 1770. The molecule has 0 aliphatic carbocycles. The minimum atomic E-state index is -0.671. The highest BCUT2D eigenvalue weighted by Gasteiger charge is 2.39. The highest BCUT2D eigenvalue weighted by atomic mass is 35.5. The molecule has 0 unspecified atom stereocenters. The Balaban J connectivity index is 0.00000209. The fraction of sp³-hybridized carbons (Fsp3) is 0.216. The third-order valence-corrected chi connectivity index (χ3v) is 7.66. The summed E-state index contributed by atoms with van der Waals surface area (Å²) in [5, 5.41) is 26.7. The fourth-order valence-corrected chi connectivity index (χ4v) is 5.27. The monoisotopic (exact) mass is 696 g/mol. The molecule has 3 aromatic carbocycles. The summed E-state index contributed by atoms with van der Waals surface area (Å²) in [6.07, 6.45) is 9.06. The summed E-state index contributed by atoms with van der Waals surface area (Å²) in [7, 11) is 0. The quantitative estimate of drug-likeness (QED) is 0.0326. The first-order valence-corrected chi connectivity index (χ1v) is 16.9. The van der Waals surface area contributed by atoms with Gasteiger partial charge in [-0.2, -0.15) is 10.5 Å². The molecular formula is C37H37ClN6O4S. The van der Waals surface area contributed by atoms with Crippen LogP contribution < -0.4 is 20.9 Å². The summed E-state index contributed by atoms with van der Waals surface area (Å²) in [6, 6.07) is 25.0. The van der Waals surface area contributed by atoms with Crippen LogP contribution in [0.4, 0.5) is 17.1 Å². The molecule has 4 N–H and O–H groups in total. The Kier molecular flexibility index (Phi) is 14.7. The smallest absolute Gasteiger partial charge is 0.261 e. The van der Waals surface area contributed by atoms with Crippen molar-refractivity contribution >= 4 is 58.4 Å². The molecule has 1 aliphatic heterocycles. The second-order valence-electron chi connectivity index (χ2n) is 11.1. The number of anilines is 3. The van der Waals surface area contributed by atoms with Gasteiger partial charge in [-0.25, -0.2) is 0 Å². The van der Waals surface area contributed by atoms with Crippen molar-refractivity contribution in [1.29, 1.82) is 10.5 Å². The number of benzene rings is 3. The first-order chi connectivity index (χ1) is 23.6. The minimum absolute atomic E-state index is 0.0837. The van der Waals surface area contributed by atoms with Crippen molar-refractivity contribution in [2.24, 2.45) is 0 Å². The zero-order valence-electron chi connectivity index (χ0n) is 27.4. The summed E-state index contributed by atoms with van der Waals surface area (Å²) in [6.45, 7) is 5.40. The van der Waals surface area contributed by atoms with Crippen LogP contribution in [-0.2, 0) is 19.8 Å². The zero-order chi connectivity index (χ0) is 35.8. The van der Waals surface area contributed by atoms with E-state index in [2.05, 4.69) is 46.8 Å². The van der Waals surface area contributed by atoms with Gasteiger partial charge in [0, 0.05) is 47.5 Å². The number of nitrogens with zero attached hydrogens (tertiary/aromatic N) is 3. The number of carbonyl (C=O) groups excluding carboxylic acids is 3. The first-order valence-electron chi connectivity index (χ1n) is 15.2. The lowest BCUT2D eigenvalue weighted by Crippen LogP contribution is -2.31. The van der Waals surface area contributed by atoms with E-state index >= 15 is 0 Å². The molecule has 10 nitrogen and oxygen atoms in total. The Morgan fingerprint density at radius 1 is 0.918 bits per heavy atom. The Morgan fingerprint density at radius 3 is 2.04 bits per heavy atom. The standard InChI is InChI=1S/C36H33ClN6O3.CH4OS/c1-36(2)30-15-4-5-16-31(30)43(19-9-18-40-33(44)22-37)32(36)17-6-3-14-29(34(45)41-27-12-7-10-25(20-27)23-38)35(46)42-28-13-8-11-26(21-28)24-39;1-3-2/h3-8,10-17,20-21H,9,18-19,22H2,1-2H3,(H,40,44)(H,41,45)(H,42,46);2H,1H3/b6-3+,32-17+;. The van der Waals surface area contributed by atoms with Crippen LogP contribution in [0.25, 0.3) is 0 Å². The highest BCUT2D eigenvalue weighted by molar-refractivity contribution is 7.93. The lowest BCUT2D eigenvalue weighted by Gasteiger charge is -2.27. The van der Waals surface area contributed by atoms with Crippen LogP contribution in [0.1, 0.15) is 37.0 Å². The predicted octanol–water partition coefficient (Wildman–Crippen LogP) is 6.74. The van der Waals surface area contributed by atoms with E-state index in [1.54, 1.807) is 54.8 Å². The molecule has 0 saturated carbocycles. The molecule has 0 aromatic heterocycles. The summed E-state index contributed by atoms with van der Waals surface area (Å²) in [4.78, 5) is 40.5. The molecule has 0 spiro atoms. The van der Waals surface area contributed by atoms with E-state index in [0.717, 1.165) is 29.0 Å². The zero-order valence-corrected chi connectivity index (χ0v) is 28.9. The number of rotatable bonds is 11. The summed E-state index contributed by atoms with van der Waals surface area (Å²) < 4.78 is 7.49. The third-order valence-electron chi connectivity index (χ3n) is 7.42.